The van der Waals surface area contributed by atoms with Crippen LogP contribution in [0.5, 0.6) is 5.75 Å². The fraction of sp³-hybridized carbons (Fsp3) is 0.545. The van der Waals surface area contributed by atoms with Crippen molar-refractivity contribution >= 4 is 28.7 Å². The monoisotopic (exact) mass is 455 g/mol. The van der Waals surface area contributed by atoms with Crippen molar-refractivity contribution < 1.29 is 9.84 Å². The molecule has 0 aromatic carbocycles. The quantitative estimate of drug-likeness (QED) is 0.495. The summed E-state index contributed by atoms with van der Waals surface area (Å²) in [6.45, 7) is 4.47. The van der Waals surface area contributed by atoms with Crippen molar-refractivity contribution in [2.45, 2.75) is 69.3 Å². The smallest absolute Gasteiger partial charge is 0.223 e. The maximum atomic E-state index is 10.3. The van der Waals surface area contributed by atoms with Crippen molar-refractivity contribution in [1.82, 2.24) is 30.0 Å². The van der Waals surface area contributed by atoms with Crippen LogP contribution < -0.4 is 15.8 Å². The lowest BCUT2D eigenvalue weighted by Crippen LogP contribution is -2.44. The Bertz CT molecular complexity index is 1170. The van der Waals surface area contributed by atoms with Crippen LogP contribution in [0.1, 0.15) is 41.8 Å². The summed E-state index contributed by atoms with van der Waals surface area (Å²) in [5.41, 5.74) is 10.6. The van der Waals surface area contributed by atoms with Gasteiger partial charge in [0.2, 0.25) is 5.95 Å². The molecule has 2 aliphatic rings. The van der Waals surface area contributed by atoms with Crippen LogP contribution in [0.25, 0.3) is 11.0 Å². The lowest BCUT2D eigenvalue weighted by atomic mass is 10.1. The molecule has 3 aromatic rings. The number of rotatable bonds is 5. The first-order valence-electron chi connectivity index (χ1n) is 11.0. The van der Waals surface area contributed by atoms with E-state index in [2.05, 4.69) is 20.3 Å². The predicted molar refractivity (Wildman–Crippen MR) is 124 cm³/mol. The number of methoxy groups -OCH3 is 1. The fourth-order valence-corrected chi connectivity index (χ4v) is 5.96. The first-order chi connectivity index (χ1) is 15.4. The molecule has 1 fully saturated rings. The van der Waals surface area contributed by atoms with Crippen LogP contribution in [-0.2, 0) is 13.0 Å². The molecule has 4 heterocycles. The number of hydrogen-bond donors (Lipinski definition) is 3. The highest BCUT2D eigenvalue weighted by atomic mass is 32.2. The number of nitrogen functional groups attached to an aromatic ring is 1. The van der Waals surface area contributed by atoms with E-state index in [0.717, 1.165) is 75.8 Å². The lowest BCUT2D eigenvalue weighted by molar-refractivity contribution is 0.144. The van der Waals surface area contributed by atoms with E-state index in [0.29, 0.717) is 6.54 Å². The third-order valence-electron chi connectivity index (χ3n) is 6.49. The molecule has 1 aliphatic carbocycles. The molecule has 1 saturated carbocycles. The number of aliphatic hydroxyl groups excluding tert-OH is 1. The summed E-state index contributed by atoms with van der Waals surface area (Å²) in [5.74, 6) is 1.94. The van der Waals surface area contributed by atoms with E-state index in [4.69, 9.17) is 15.6 Å². The Morgan fingerprint density at radius 1 is 1.31 bits per heavy atom. The van der Waals surface area contributed by atoms with Crippen LogP contribution in [-0.4, -0.2) is 60.9 Å². The van der Waals surface area contributed by atoms with Crippen LogP contribution in [0, 0.1) is 13.8 Å². The third kappa shape index (κ3) is 3.80. The van der Waals surface area contributed by atoms with Gasteiger partial charge in [-0.25, -0.2) is 9.67 Å². The number of nitrogens with one attached hydrogen (secondary N) is 1. The van der Waals surface area contributed by atoms with Gasteiger partial charge in [-0.2, -0.15) is 10.1 Å². The lowest BCUT2D eigenvalue weighted by Gasteiger charge is -2.23. The molecular formula is C22H29N7O2S. The predicted octanol–water partition coefficient (Wildman–Crippen LogP) is 2.00. The van der Waals surface area contributed by atoms with Crippen molar-refractivity contribution in [2.24, 2.45) is 0 Å². The largest absolute Gasteiger partial charge is 0.496 e. The second-order valence-corrected chi connectivity index (χ2v) is 9.73. The van der Waals surface area contributed by atoms with E-state index >= 15 is 0 Å². The Morgan fingerprint density at radius 2 is 2.16 bits per heavy atom. The van der Waals surface area contributed by atoms with Gasteiger partial charge in [0.15, 0.2) is 5.65 Å². The summed E-state index contributed by atoms with van der Waals surface area (Å²) in [6, 6.07) is 0.335. The second-order valence-electron chi connectivity index (χ2n) is 8.72. The molecule has 3 atom stereocenters. The van der Waals surface area contributed by atoms with E-state index in [-0.39, 0.29) is 24.1 Å². The molecule has 5 rings (SSSR count). The highest BCUT2D eigenvalue weighted by Crippen LogP contribution is 2.34. The molecule has 1 aliphatic heterocycles. The summed E-state index contributed by atoms with van der Waals surface area (Å²) >= 11 is 1.68. The highest BCUT2D eigenvalue weighted by molar-refractivity contribution is 7.99. The van der Waals surface area contributed by atoms with E-state index in [1.54, 1.807) is 18.9 Å². The minimum Gasteiger partial charge on any atom is -0.496 e. The number of thioether (sulfide) groups is 1. The van der Waals surface area contributed by atoms with Crippen LogP contribution in [0.3, 0.4) is 0 Å². The van der Waals surface area contributed by atoms with Gasteiger partial charge in [-0.1, -0.05) is 0 Å². The molecule has 0 radical (unpaired) electrons. The van der Waals surface area contributed by atoms with E-state index in [9.17, 15) is 5.11 Å². The first-order valence-corrected chi connectivity index (χ1v) is 12.0. The number of aromatic nitrogens is 5. The number of aryl methyl sites for hydroxylation is 1. The molecule has 9 nitrogen and oxygen atoms in total. The van der Waals surface area contributed by atoms with Crippen molar-refractivity contribution in [3.63, 3.8) is 0 Å². The molecule has 3 aromatic heterocycles. The van der Waals surface area contributed by atoms with Crippen LogP contribution in [0.4, 0.5) is 5.95 Å². The maximum absolute atomic E-state index is 10.3. The molecule has 32 heavy (non-hydrogen) atoms. The van der Waals surface area contributed by atoms with Gasteiger partial charge in [0.1, 0.15) is 10.8 Å². The number of aliphatic hydroxyl groups is 1. The van der Waals surface area contributed by atoms with Gasteiger partial charge in [-0.15, -0.1) is 11.8 Å². The Morgan fingerprint density at radius 3 is 2.91 bits per heavy atom. The summed E-state index contributed by atoms with van der Waals surface area (Å²) in [7, 11) is 1.68. The van der Waals surface area contributed by atoms with Gasteiger partial charge in [0.25, 0.3) is 0 Å². The van der Waals surface area contributed by atoms with Crippen molar-refractivity contribution in [3.05, 3.63) is 28.7 Å². The van der Waals surface area contributed by atoms with E-state index in [1.807, 2.05) is 24.7 Å². The van der Waals surface area contributed by atoms with E-state index in [1.165, 1.54) is 0 Å². The summed E-state index contributed by atoms with van der Waals surface area (Å²) in [5, 5.41) is 20.7. The zero-order valence-electron chi connectivity index (χ0n) is 18.6. The molecule has 0 spiro atoms. The number of nitrogens with two attached hydrogens (primary N) is 1. The second kappa shape index (κ2) is 8.49. The third-order valence-corrected chi connectivity index (χ3v) is 7.63. The number of pyridine rings is 1. The van der Waals surface area contributed by atoms with Crippen molar-refractivity contribution in [3.8, 4) is 5.75 Å². The Balaban J connectivity index is 1.51. The van der Waals surface area contributed by atoms with Gasteiger partial charge in [0.05, 0.1) is 36.5 Å². The van der Waals surface area contributed by atoms with Crippen LogP contribution >= 0.6 is 11.8 Å². The average Bonchev–Trinajstić information content (AvgIpc) is 3.26. The minimum atomic E-state index is -0.274. The zero-order chi connectivity index (χ0) is 22.4. The minimum absolute atomic E-state index is 0.141. The Kier molecular flexibility index (Phi) is 5.68. The topological polar surface area (TPSA) is 124 Å². The van der Waals surface area contributed by atoms with E-state index < -0.39 is 0 Å². The number of nitrogens with zero attached hydrogens (tertiary/aromatic N) is 5. The summed E-state index contributed by atoms with van der Waals surface area (Å²) in [4.78, 5) is 13.7. The maximum Gasteiger partial charge on any atom is 0.223 e. The molecule has 170 valence electrons. The van der Waals surface area contributed by atoms with Crippen molar-refractivity contribution in [1.29, 1.82) is 0 Å². The highest BCUT2D eigenvalue weighted by Gasteiger charge is 2.31. The van der Waals surface area contributed by atoms with Crippen LogP contribution in [0.2, 0.25) is 0 Å². The molecule has 0 saturated heterocycles. The first kappa shape index (κ1) is 21.4. The number of ether oxygens (including phenoxy) is 1. The van der Waals surface area contributed by atoms with Crippen molar-refractivity contribution in [2.75, 3.05) is 18.6 Å². The molecule has 1 unspecified atom stereocenters. The average molecular weight is 456 g/mol. The molecule has 0 amide bonds. The van der Waals surface area contributed by atoms with Gasteiger partial charge < -0.3 is 20.9 Å². The van der Waals surface area contributed by atoms with Gasteiger partial charge in [-0.3, -0.25) is 4.98 Å². The molecule has 0 bridgehead atoms. The zero-order valence-corrected chi connectivity index (χ0v) is 19.4. The molecule has 4 N–H and O–H groups in total. The van der Waals surface area contributed by atoms with Crippen LogP contribution in [0.15, 0.2) is 11.2 Å². The Hall–Kier alpha value is -2.43. The SMILES string of the molecule is COc1c(C)cnc(Cn2nc3c4c(nc(N)nc42)SCC(N[C@@H]2CCC[C@H]2O)C3)c1C. The molecular weight excluding hydrogens is 426 g/mol. The fourth-order valence-electron chi connectivity index (χ4n) is 4.87. The number of hydrogen-bond acceptors (Lipinski definition) is 9. The summed E-state index contributed by atoms with van der Waals surface area (Å²) in [6.07, 6.45) is 5.24. The standard InChI is InChI=1S/C22H29N7O2S/c1-11-8-24-16(12(2)19(11)31-3)9-29-20-18-15(28-29)7-13(25-14-5-4-6-17(14)30)10-32-21(18)27-22(23)26-20/h8,13-14,17,25,30H,4-7,9-10H2,1-3H3,(H2,23,26,27)/t13?,14-,17-/m1/s1. The van der Waals surface area contributed by atoms with Gasteiger partial charge >= 0.3 is 0 Å². The normalized spacial score (nSPS) is 22.9. The number of anilines is 1. The summed E-state index contributed by atoms with van der Waals surface area (Å²) < 4.78 is 7.45. The van der Waals surface area contributed by atoms with Gasteiger partial charge in [-0.05, 0) is 33.1 Å². The Labute approximate surface area is 191 Å². The van der Waals surface area contributed by atoms with Gasteiger partial charge in [0, 0.05) is 41.6 Å². The molecule has 10 heteroatoms.